The number of aliphatic hydroxyl groups excluding tert-OH is 3. The molecule has 1 heterocycles. The van der Waals surface area contributed by atoms with Crippen molar-refractivity contribution in [3.63, 3.8) is 0 Å². The van der Waals surface area contributed by atoms with Crippen LogP contribution in [0.15, 0.2) is 0 Å². The summed E-state index contributed by atoms with van der Waals surface area (Å²) >= 11 is 0. The zero-order valence-corrected chi connectivity index (χ0v) is 5.77. The van der Waals surface area contributed by atoms with Crippen LogP contribution in [0.5, 0.6) is 0 Å². The molecule has 4 heteroatoms. The number of aliphatic hydroxyl groups is 3. The topological polar surface area (TPSA) is 69.9 Å². The van der Waals surface area contributed by atoms with Gasteiger partial charge < -0.3 is 20.1 Å². The van der Waals surface area contributed by atoms with Crippen molar-refractivity contribution in [3.8, 4) is 0 Å². The van der Waals surface area contributed by atoms with Gasteiger partial charge in [-0.25, -0.2) is 0 Å². The van der Waals surface area contributed by atoms with Crippen molar-refractivity contribution in [2.45, 2.75) is 37.9 Å². The first-order valence-electron chi connectivity index (χ1n) is 3.31. The number of ether oxygens (including phenoxy) is 1. The molecule has 0 amide bonds. The maximum absolute atomic E-state index is 9.03. The van der Waals surface area contributed by atoms with Gasteiger partial charge >= 0.3 is 0 Å². The summed E-state index contributed by atoms with van der Waals surface area (Å²) in [4.78, 5) is 0. The summed E-state index contributed by atoms with van der Waals surface area (Å²) in [7, 11) is 0. The zero-order chi connectivity index (χ0) is 7.72. The molecule has 1 fully saturated rings. The highest BCUT2D eigenvalue weighted by atomic mass is 16.6. The maximum atomic E-state index is 9.03. The van der Waals surface area contributed by atoms with Gasteiger partial charge in [-0.3, -0.25) is 0 Å². The van der Waals surface area contributed by atoms with Crippen molar-refractivity contribution in [2.75, 3.05) is 0 Å². The Labute approximate surface area is 59.1 Å². The van der Waals surface area contributed by atoms with Crippen LogP contribution in [0.2, 0.25) is 0 Å². The molecular weight excluding hydrogens is 136 g/mol. The fraction of sp³-hybridized carbons (Fsp3) is 1.00. The van der Waals surface area contributed by atoms with E-state index in [0.29, 0.717) is 6.42 Å². The van der Waals surface area contributed by atoms with Gasteiger partial charge in [-0.15, -0.1) is 0 Å². The van der Waals surface area contributed by atoms with Crippen LogP contribution in [-0.4, -0.2) is 39.9 Å². The molecule has 1 rings (SSSR count). The summed E-state index contributed by atoms with van der Waals surface area (Å²) < 4.78 is 4.81. The van der Waals surface area contributed by atoms with Crippen molar-refractivity contribution in [1.29, 1.82) is 0 Å². The highest BCUT2D eigenvalue weighted by Crippen LogP contribution is 2.17. The monoisotopic (exact) mass is 148 g/mol. The Morgan fingerprint density at radius 3 is 2.40 bits per heavy atom. The highest BCUT2D eigenvalue weighted by Gasteiger charge is 2.33. The molecule has 1 aliphatic rings. The normalized spacial score (nSPS) is 49.2. The smallest absolute Gasteiger partial charge is 0.183 e. The van der Waals surface area contributed by atoms with Crippen LogP contribution in [-0.2, 0) is 4.74 Å². The van der Waals surface area contributed by atoms with Gasteiger partial charge in [-0.05, 0) is 6.92 Å². The van der Waals surface area contributed by atoms with Crippen LogP contribution < -0.4 is 0 Å². The number of hydrogen-bond donors (Lipinski definition) is 3. The van der Waals surface area contributed by atoms with Crippen LogP contribution in [0, 0.1) is 0 Å². The molecule has 10 heavy (non-hydrogen) atoms. The fourth-order valence-electron chi connectivity index (χ4n) is 1.04. The molecule has 4 nitrogen and oxygen atoms in total. The van der Waals surface area contributed by atoms with E-state index in [0.717, 1.165) is 0 Å². The van der Waals surface area contributed by atoms with E-state index >= 15 is 0 Å². The molecule has 0 radical (unpaired) electrons. The largest absolute Gasteiger partial charge is 0.390 e. The third-order valence-electron chi connectivity index (χ3n) is 1.63. The molecule has 60 valence electrons. The number of rotatable bonds is 0. The molecule has 4 atom stereocenters. The second-order valence-electron chi connectivity index (χ2n) is 2.63. The zero-order valence-electron chi connectivity index (χ0n) is 5.77. The standard InChI is InChI=1S/C6H12O4/c1-3-2-4(7)5(8)6(9)10-3/h3-9H,2H2,1H3/t3-,4+,5-,6-/m1/s1. The average Bonchev–Trinajstić information content (AvgIpc) is 1.82. The average molecular weight is 148 g/mol. The Hall–Kier alpha value is -0.160. The fourth-order valence-corrected chi connectivity index (χ4v) is 1.04. The maximum Gasteiger partial charge on any atom is 0.183 e. The van der Waals surface area contributed by atoms with Gasteiger partial charge in [-0.2, -0.15) is 0 Å². The van der Waals surface area contributed by atoms with Gasteiger partial charge in [-0.1, -0.05) is 0 Å². The Morgan fingerprint density at radius 1 is 1.30 bits per heavy atom. The minimum atomic E-state index is -1.24. The summed E-state index contributed by atoms with van der Waals surface area (Å²) in [5.74, 6) is 0. The van der Waals surface area contributed by atoms with E-state index in [1.165, 1.54) is 0 Å². The second kappa shape index (κ2) is 2.84. The lowest BCUT2D eigenvalue weighted by molar-refractivity contribution is -0.242. The molecule has 0 unspecified atom stereocenters. The number of hydrogen-bond acceptors (Lipinski definition) is 4. The van der Waals surface area contributed by atoms with Gasteiger partial charge in [0.25, 0.3) is 0 Å². The summed E-state index contributed by atoms with van der Waals surface area (Å²) in [6, 6.07) is 0. The summed E-state index contributed by atoms with van der Waals surface area (Å²) in [5, 5.41) is 26.9. The van der Waals surface area contributed by atoms with E-state index in [1.807, 2.05) is 0 Å². The molecule has 0 aliphatic carbocycles. The van der Waals surface area contributed by atoms with E-state index in [-0.39, 0.29) is 6.10 Å². The van der Waals surface area contributed by atoms with Crippen LogP contribution in [0.3, 0.4) is 0 Å². The Balaban J connectivity index is 2.49. The SMILES string of the molecule is C[C@@H]1C[C@H](O)[C@@H](O)[C@H](O)O1. The highest BCUT2D eigenvalue weighted by molar-refractivity contribution is 4.77. The van der Waals surface area contributed by atoms with E-state index in [9.17, 15) is 0 Å². The molecule has 0 aromatic rings. The van der Waals surface area contributed by atoms with Crippen LogP contribution >= 0.6 is 0 Å². The van der Waals surface area contributed by atoms with E-state index in [1.54, 1.807) is 6.92 Å². The van der Waals surface area contributed by atoms with Crippen LogP contribution in [0.25, 0.3) is 0 Å². The van der Waals surface area contributed by atoms with Crippen molar-refractivity contribution in [3.05, 3.63) is 0 Å². The molecule has 0 aromatic heterocycles. The first-order chi connectivity index (χ1) is 4.61. The van der Waals surface area contributed by atoms with Crippen molar-refractivity contribution < 1.29 is 20.1 Å². The summed E-state index contributed by atoms with van der Waals surface area (Å²) in [5.41, 5.74) is 0. The van der Waals surface area contributed by atoms with Crippen LogP contribution in [0.4, 0.5) is 0 Å². The predicted molar refractivity (Wildman–Crippen MR) is 33.2 cm³/mol. The van der Waals surface area contributed by atoms with Gasteiger partial charge in [0.2, 0.25) is 0 Å². The van der Waals surface area contributed by atoms with Gasteiger partial charge in [0.1, 0.15) is 6.10 Å². The molecule has 0 spiro atoms. The first-order valence-corrected chi connectivity index (χ1v) is 3.31. The third kappa shape index (κ3) is 1.46. The lowest BCUT2D eigenvalue weighted by Gasteiger charge is -2.32. The lowest BCUT2D eigenvalue weighted by Crippen LogP contribution is -2.47. The molecule has 0 bridgehead atoms. The molecule has 1 aliphatic heterocycles. The molecule has 0 saturated carbocycles. The van der Waals surface area contributed by atoms with E-state index in [2.05, 4.69) is 0 Å². The Kier molecular flexibility index (Phi) is 2.25. The second-order valence-corrected chi connectivity index (χ2v) is 2.63. The molecule has 0 aromatic carbocycles. The van der Waals surface area contributed by atoms with Crippen molar-refractivity contribution >= 4 is 0 Å². The minimum absolute atomic E-state index is 0.187. The van der Waals surface area contributed by atoms with Crippen LogP contribution in [0.1, 0.15) is 13.3 Å². The van der Waals surface area contributed by atoms with Gasteiger partial charge in [0.15, 0.2) is 6.29 Å². The third-order valence-corrected chi connectivity index (χ3v) is 1.63. The minimum Gasteiger partial charge on any atom is -0.390 e. The summed E-state index contributed by atoms with van der Waals surface area (Å²) in [6.45, 7) is 1.73. The molecule has 3 N–H and O–H groups in total. The Morgan fingerprint density at radius 2 is 1.90 bits per heavy atom. The predicted octanol–water partition coefficient (Wildman–Crippen LogP) is -1.16. The quantitative estimate of drug-likeness (QED) is 0.405. The first kappa shape index (κ1) is 7.94. The lowest BCUT2D eigenvalue weighted by atomic mass is 10.0. The van der Waals surface area contributed by atoms with Gasteiger partial charge in [0.05, 0.1) is 12.2 Å². The Bertz CT molecular complexity index is 104. The van der Waals surface area contributed by atoms with Crippen molar-refractivity contribution in [1.82, 2.24) is 0 Å². The molecular formula is C6H12O4. The van der Waals surface area contributed by atoms with Gasteiger partial charge in [0, 0.05) is 6.42 Å². The summed E-state index contributed by atoms with van der Waals surface area (Å²) in [6.07, 6.45) is -3.07. The van der Waals surface area contributed by atoms with E-state index < -0.39 is 18.5 Å². The van der Waals surface area contributed by atoms with E-state index in [4.69, 9.17) is 20.1 Å². The molecule has 1 saturated heterocycles. The van der Waals surface area contributed by atoms with Crippen molar-refractivity contribution in [2.24, 2.45) is 0 Å².